The van der Waals surface area contributed by atoms with Gasteiger partial charge in [-0.25, -0.2) is 4.98 Å². The lowest BCUT2D eigenvalue weighted by Crippen LogP contribution is -2.43. The molecule has 2 aliphatic rings. The van der Waals surface area contributed by atoms with Crippen molar-refractivity contribution in [3.8, 4) is 0 Å². The standard InChI is InChI=1S/C13H17N3O3/c1-15-7-10(14-9-15)12(18)16-4-2-13(3-5-16)6-11(17)19-8-13/h7,9H,2-6,8H2,1H3. The van der Waals surface area contributed by atoms with Crippen molar-refractivity contribution in [1.82, 2.24) is 14.5 Å². The molecule has 2 saturated heterocycles. The van der Waals surface area contributed by atoms with Crippen LogP contribution in [0.4, 0.5) is 0 Å². The Morgan fingerprint density at radius 3 is 2.68 bits per heavy atom. The molecular weight excluding hydrogens is 246 g/mol. The molecule has 0 aliphatic carbocycles. The molecule has 1 aromatic rings. The molecule has 0 N–H and O–H groups in total. The monoisotopic (exact) mass is 263 g/mol. The molecule has 1 aromatic heterocycles. The summed E-state index contributed by atoms with van der Waals surface area (Å²) in [7, 11) is 1.84. The number of ether oxygens (including phenoxy) is 1. The van der Waals surface area contributed by atoms with E-state index in [1.165, 1.54) is 0 Å². The fourth-order valence-corrected chi connectivity index (χ4v) is 2.83. The van der Waals surface area contributed by atoms with Crippen molar-refractivity contribution in [2.45, 2.75) is 19.3 Å². The molecular formula is C13H17N3O3. The zero-order valence-electron chi connectivity index (χ0n) is 11.0. The second-order valence-electron chi connectivity index (χ2n) is 5.55. The number of nitrogens with zero attached hydrogens (tertiary/aromatic N) is 3. The molecule has 102 valence electrons. The van der Waals surface area contributed by atoms with E-state index < -0.39 is 0 Å². The van der Waals surface area contributed by atoms with Crippen molar-refractivity contribution in [3.63, 3.8) is 0 Å². The Hall–Kier alpha value is -1.85. The van der Waals surface area contributed by atoms with Crippen molar-refractivity contribution in [3.05, 3.63) is 18.2 Å². The molecule has 1 spiro atoms. The fourth-order valence-electron chi connectivity index (χ4n) is 2.83. The summed E-state index contributed by atoms with van der Waals surface area (Å²) in [5.41, 5.74) is 0.454. The molecule has 1 amide bonds. The van der Waals surface area contributed by atoms with E-state index in [2.05, 4.69) is 4.98 Å². The lowest BCUT2D eigenvalue weighted by molar-refractivity contribution is -0.137. The van der Waals surface area contributed by atoms with Gasteiger partial charge in [-0.15, -0.1) is 0 Å². The van der Waals surface area contributed by atoms with Crippen LogP contribution in [-0.2, 0) is 16.6 Å². The maximum absolute atomic E-state index is 12.2. The van der Waals surface area contributed by atoms with Crippen LogP contribution in [0.3, 0.4) is 0 Å². The average molecular weight is 263 g/mol. The summed E-state index contributed by atoms with van der Waals surface area (Å²) in [6, 6.07) is 0. The highest BCUT2D eigenvalue weighted by atomic mass is 16.5. The number of piperidine rings is 1. The van der Waals surface area contributed by atoms with Crippen molar-refractivity contribution in [2.75, 3.05) is 19.7 Å². The van der Waals surface area contributed by atoms with E-state index in [1.54, 1.807) is 17.1 Å². The number of carbonyl (C=O) groups is 2. The Morgan fingerprint density at radius 2 is 2.16 bits per heavy atom. The first-order chi connectivity index (χ1) is 9.08. The summed E-state index contributed by atoms with van der Waals surface area (Å²) in [5.74, 6) is -0.134. The number of amides is 1. The summed E-state index contributed by atoms with van der Waals surface area (Å²) in [5, 5.41) is 0. The Labute approximate surface area is 111 Å². The first-order valence-electron chi connectivity index (χ1n) is 6.51. The molecule has 0 unspecified atom stereocenters. The van der Waals surface area contributed by atoms with Crippen molar-refractivity contribution in [2.24, 2.45) is 12.5 Å². The number of esters is 1. The highest BCUT2D eigenvalue weighted by Crippen LogP contribution is 2.39. The van der Waals surface area contributed by atoms with E-state index >= 15 is 0 Å². The maximum Gasteiger partial charge on any atom is 0.306 e. The van der Waals surface area contributed by atoms with E-state index in [0.717, 1.165) is 12.8 Å². The van der Waals surface area contributed by atoms with Gasteiger partial charge in [-0.1, -0.05) is 0 Å². The van der Waals surface area contributed by atoms with E-state index in [9.17, 15) is 9.59 Å². The van der Waals surface area contributed by atoms with Gasteiger partial charge in [-0.2, -0.15) is 0 Å². The summed E-state index contributed by atoms with van der Waals surface area (Å²) in [6.45, 7) is 1.86. The minimum absolute atomic E-state index is 0.0271. The highest BCUT2D eigenvalue weighted by molar-refractivity contribution is 5.92. The largest absolute Gasteiger partial charge is 0.465 e. The third kappa shape index (κ3) is 2.22. The number of cyclic esters (lactones) is 1. The molecule has 3 heterocycles. The van der Waals surface area contributed by atoms with Gasteiger partial charge in [0, 0.05) is 31.7 Å². The summed E-state index contributed by atoms with van der Waals surface area (Å²) < 4.78 is 6.84. The Bertz CT molecular complexity index is 515. The lowest BCUT2D eigenvalue weighted by atomic mass is 9.78. The lowest BCUT2D eigenvalue weighted by Gasteiger charge is -2.37. The van der Waals surface area contributed by atoms with Gasteiger partial charge in [-0.05, 0) is 12.8 Å². The predicted octanol–water partition coefficient (Wildman–Crippen LogP) is 0.589. The number of carbonyl (C=O) groups excluding carboxylic acids is 2. The van der Waals surface area contributed by atoms with Gasteiger partial charge in [0.25, 0.3) is 5.91 Å². The smallest absolute Gasteiger partial charge is 0.306 e. The number of imidazole rings is 1. The molecule has 0 saturated carbocycles. The van der Waals surface area contributed by atoms with Crippen LogP contribution in [0.1, 0.15) is 29.8 Å². The number of hydrogen-bond donors (Lipinski definition) is 0. The number of aromatic nitrogens is 2. The number of likely N-dealkylation sites (tertiary alicyclic amines) is 1. The van der Waals surface area contributed by atoms with Crippen molar-refractivity contribution >= 4 is 11.9 Å². The quantitative estimate of drug-likeness (QED) is 0.696. The molecule has 3 rings (SSSR count). The van der Waals surface area contributed by atoms with Crippen LogP contribution < -0.4 is 0 Å². The Kier molecular flexibility index (Phi) is 2.80. The molecule has 2 fully saturated rings. The van der Waals surface area contributed by atoms with Gasteiger partial charge in [0.2, 0.25) is 0 Å². The third-order valence-corrected chi connectivity index (χ3v) is 4.09. The van der Waals surface area contributed by atoms with Crippen molar-refractivity contribution < 1.29 is 14.3 Å². The first-order valence-corrected chi connectivity index (χ1v) is 6.51. The van der Waals surface area contributed by atoms with Crippen LogP contribution in [-0.4, -0.2) is 46.0 Å². The van der Waals surface area contributed by atoms with Crippen LogP contribution in [0.5, 0.6) is 0 Å². The molecule has 0 radical (unpaired) electrons. The zero-order valence-corrected chi connectivity index (χ0v) is 11.0. The minimum atomic E-state index is -0.107. The SMILES string of the molecule is Cn1cnc(C(=O)N2CCC3(CC2)COC(=O)C3)c1. The van der Waals surface area contributed by atoms with Crippen LogP contribution in [0, 0.1) is 5.41 Å². The topological polar surface area (TPSA) is 64.4 Å². The predicted molar refractivity (Wildman–Crippen MR) is 66.4 cm³/mol. The van der Waals surface area contributed by atoms with E-state index in [0.29, 0.717) is 31.8 Å². The molecule has 0 atom stereocenters. The molecule has 6 nitrogen and oxygen atoms in total. The molecule has 6 heteroatoms. The molecule has 19 heavy (non-hydrogen) atoms. The number of hydrogen-bond acceptors (Lipinski definition) is 4. The number of aryl methyl sites for hydroxylation is 1. The normalized spacial score (nSPS) is 21.7. The molecule has 0 bridgehead atoms. The molecule has 0 aromatic carbocycles. The van der Waals surface area contributed by atoms with Gasteiger partial charge >= 0.3 is 5.97 Å². The zero-order chi connectivity index (χ0) is 13.5. The summed E-state index contributed by atoms with van der Waals surface area (Å²) in [6.07, 6.45) is 5.52. The van der Waals surface area contributed by atoms with E-state index in [-0.39, 0.29) is 17.3 Å². The third-order valence-electron chi connectivity index (χ3n) is 4.09. The van der Waals surface area contributed by atoms with Gasteiger partial charge in [0.15, 0.2) is 0 Å². The maximum atomic E-state index is 12.2. The second-order valence-corrected chi connectivity index (χ2v) is 5.55. The van der Waals surface area contributed by atoms with E-state index in [4.69, 9.17) is 4.74 Å². The summed E-state index contributed by atoms with van der Waals surface area (Å²) >= 11 is 0. The Morgan fingerprint density at radius 1 is 1.42 bits per heavy atom. The van der Waals surface area contributed by atoms with Crippen LogP contribution >= 0.6 is 0 Å². The highest BCUT2D eigenvalue weighted by Gasteiger charge is 2.43. The minimum Gasteiger partial charge on any atom is -0.465 e. The van der Waals surface area contributed by atoms with Gasteiger partial charge < -0.3 is 14.2 Å². The second kappa shape index (κ2) is 4.36. The van der Waals surface area contributed by atoms with Crippen molar-refractivity contribution in [1.29, 1.82) is 0 Å². The van der Waals surface area contributed by atoms with Crippen LogP contribution in [0.2, 0.25) is 0 Å². The average Bonchev–Trinajstić information content (AvgIpc) is 2.97. The van der Waals surface area contributed by atoms with Gasteiger partial charge in [-0.3, -0.25) is 9.59 Å². The fraction of sp³-hybridized carbons (Fsp3) is 0.615. The molecule has 2 aliphatic heterocycles. The summed E-state index contributed by atoms with van der Waals surface area (Å²) in [4.78, 5) is 29.4. The van der Waals surface area contributed by atoms with E-state index in [1.807, 2.05) is 11.9 Å². The van der Waals surface area contributed by atoms with Gasteiger partial charge in [0.1, 0.15) is 5.69 Å². The first kappa shape index (κ1) is 12.2. The van der Waals surface area contributed by atoms with Crippen LogP contribution in [0.25, 0.3) is 0 Å². The number of rotatable bonds is 1. The van der Waals surface area contributed by atoms with Gasteiger partial charge in [0.05, 0.1) is 19.4 Å². The van der Waals surface area contributed by atoms with Crippen LogP contribution in [0.15, 0.2) is 12.5 Å². The Balaban J connectivity index is 1.64.